The van der Waals surface area contributed by atoms with Crippen LogP contribution in [0.3, 0.4) is 0 Å². The fraction of sp³-hybridized carbons (Fsp3) is 0.619. The van der Waals surface area contributed by atoms with Crippen LogP contribution in [-0.2, 0) is 15.7 Å². The van der Waals surface area contributed by atoms with E-state index in [2.05, 4.69) is 10.2 Å². The number of Topliss-reactive ketones (excluding diaryl/α,β-unsaturated/α-hetero) is 1. The SMILES string of the molecule is O=C1CCN(C2CCOC[C@H]2NC(=O)c2ccc(C(F)(F)F)cc2C2CC2)CC1. The molecule has 1 N–H and O–H groups in total. The van der Waals surface area contributed by atoms with Gasteiger partial charge in [0.25, 0.3) is 5.91 Å². The predicted octanol–water partition coefficient (Wildman–Crippen LogP) is 3.14. The second-order valence-electron chi connectivity index (χ2n) is 8.16. The number of rotatable bonds is 4. The molecule has 3 aliphatic rings. The number of hydrogen-bond acceptors (Lipinski definition) is 4. The Kier molecular flexibility index (Phi) is 5.66. The monoisotopic (exact) mass is 410 g/mol. The van der Waals surface area contributed by atoms with Crippen LogP contribution in [0.15, 0.2) is 18.2 Å². The van der Waals surface area contributed by atoms with Gasteiger partial charge in [0.05, 0.1) is 18.2 Å². The lowest BCUT2D eigenvalue weighted by Crippen LogP contribution is -2.58. The maximum Gasteiger partial charge on any atom is 0.416 e. The van der Waals surface area contributed by atoms with Crippen molar-refractivity contribution in [1.82, 2.24) is 10.2 Å². The van der Waals surface area contributed by atoms with Crippen LogP contribution in [-0.4, -0.2) is 55.0 Å². The highest BCUT2D eigenvalue weighted by Crippen LogP contribution is 2.43. The Hall–Kier alpha value is -1.93. The van der Waals surface area contributed by atoms with Gasteiger partial charge in [-0.05, 0) is 48.9 Å². The molecule has 0 aromatic heterocycles. The third kappa shape index (κ3) is 4.64. The van der Waals surface area contributed by atoms with Crippen LogP contribution >= 0.6 is 0 Å². The van der Waals surface area contributed by atoms with E-state index in [9.17, 15) is 22.8 Å². The number of ketones is 1. The Morgan fingerprint density at radius 2 is 1.86 bits per heavy atom. The highest BCUT2D eigenvalue weighted by Gasteiger charge is 2.37. The number of piperidine rings is 1. The third-order valence-electron chi connectivity index (χ3n) is 6.10. The molecule has 5 nitrogen and oxygen atoms in total. The molecule has 158 valence electrons. The molecular weight excluding hydrogens is 385 g/mol. The van der Waals surface area contributed by atoms with E-state index in [0.29, 0.717) is 50.3 Å². The van der Waals surface area contributed by atoms with Crippen LogP contribution in [0.5, 0.6) is 0 Å². The second kappa shape index (κ2) is 8.07. The molecule has 4 rings (SSSR count). The minimum absolute atomic E-state index is 0.0181. The highest BCUT2D eigenvalue weighted by atomic mass is 19.4. The number of ether oxygens (including phenoxy) is 1. The number of likely N-dealkylation sites (tertiary alicyclic amines) is 1. The molecule has 0 radical (unpaired) electrons. The lowest BCUT2D eigenvalue weighted by Gasteiger charge is -2.41. The maximum absolute atomic E-state index is 13.1. The second-order valence-corrected chi connectivity index (χ2v) is 8.16. The summed E-state index contributed by atoms with van der Waals surface area (Å²) in [6.45, 7) is 2.29. The zero-order valence-electron chi connectivity index (χ0n) is 16.1. The molecule has 2 atom stereocenters. The first-order valence-corrected chi connectivity index (χ1v) is 10.2. The maximum atomic E-state index is 13.1. The molecule has 2 aliphatic heterocycles. The summed E-state index contributed by atoms with van der Waals surface area (Å²) >= 11 is 0. The number of nitrogens with one attached hydrogen (secondary N) is 1. The summed E-state index contributed by atoms with van der Waals surface area (Å²) in [7, 11) is 0. The van der Waals surface area contributed by atoms with Crippen LogP contribution in [0.4, 0.5) is 13.2 Å². The van der Waals surface area contributed by atoms with Gasteiger partial charge < -0.3 is 10.1 Å². The van der Waals surface area contributed by atoms with Crippen molar-refractivity contribution in [2.45, 2.75) is 56.3 Å². The van der Waals surface area contributed by atoms with Gasteiger partial charge in [0.1, 0.15) is 5.78 Å². The molecule has 1 unspecified atom stereocenters. The summed E-state index contributed by atoms with van der Waals surface area (Å²) in [4.78, 5) is 26.8. The number of alkyl halides is 3. The van der Waals surface area contributed by atoms with Crippen LogP contribution in [0.2, 0.25) is 0 Å². The molecule has 8 heteroatoms. The van der Waals surface area contributed by atoms with E-state index in [4.69, 9.17) is 4.74 Å². The summed E-state index contributed by atoms with van der Waals surface area (Å²) in [5.74, 6) is -0.0773. The van der Waals surface area contributed by atoms with Crippen molar-refractivity contribution in [2.24, 2.45) is 0 Å². The third-order valence-corrected chi connectivity index (χ3v) is 6.10. The largest absolute Gasteiger partial charge is 0.416 e. The van der Waals surface area contributed by atoms with Crippen molar-refractivity contribution >= 4 is 11.7 Å². The van der Waals surface area contributed by atoms with Gasteiger partial charge in [-0.3, -0.25) is 14.5 Å². The van der Waals surface area contributed by atoms with E-state index >= 15 is 0 Å². The normalized spacial score (nSPS) is 26.4. The van der Waals surface area contributed by atoms with Crippen LogP contribution in [0.1, 0.15) is 59.5 Å². The minimum Gasteiger partial charge on any atom is -0.379 e. The first kappa shape index (κ1) is 20.3. The molecule has 29 heavy (non-hydrogen) atoms. The average Bonchev–Trinajstić information content (AvgIpc) is 3.53. The molecule has 3 fully saturated rings. The summed E-state index contributed by atoms with van der Waals surface area (Å²) < 4.78 is 44.8. The molecule has 1 aromatic carbocycles. The van der Waals surface area contributed by atoms with Gasteiger partial charge in [0.2, 0.25) is 0 Å². The topological polar surface area (TPSA) is 58.6 Å². The molecule has 0 spiro atoms. The molecule has 1 saturated carbocycles. The summed E-state index contributed by atoms with van der Waals surface area (Å²) in [6.07, 6.45) is -1.03. The minimum atomic E-state index is -4.42. The van der Waals surface area contributed by atoms with Crippen molar-refractivity contribution < 1.29 is 27.5 Å². The standard InChI is InChI=1S/C21H25F3N2O3/c22-21(23,24)14-3-4-16(17(11-14)13-1-2-13)20(28)25-18-12-29-10-7-19(18)26-8-5-15(27)6-9-26/h3-4,11,13,18-19H,1-2,5-10,12H2,(H,25,28)/t18-,19?/m1/s1. The van der Waals surface area contributed by atoms with Gasteiger partial charge in [0, 0.05) is 44.1 Å². The Labute approximate surface area is 167 Å². The molecule has 1 aliphatic carbocycles. The van der Waals surface area contributed by atoms with Gasteiger partial charge in [-0.1, -0.05) is 0 Å². The average molecular weight is 410 g/mol. The number of carbonyl (C=O) groups excluding carboxylic acids is 2. The zero-order valence-corrected chi connectivity index (χ0v) is 16.1. The van der Waals surface area contributed by atoms with Gasteiger partial charge in [0.15, 0.2) is 0 Å². The van der Waals surface area contributed by atoms with Crippen molar-refractivity contribution in [2.75, 3.05) is 26.3 Å². The van der Waals surface area contributed by atoms with E-state index in [1.807, 2.05) is 0 Å². The summed E-state index contributed by atoms with van der Waals surface area (Å²) in [5.41, 5.74) is 0.0839. The quantitative estimate of drug-likeness (QED) is 0.829. The van der Waals surface area contributed by atoms with E-state index in [-0.39, 0.29) is 29.7 Å². The Bertz CT molecular complexity index is 782. The first-order chi connectivity index (χ1) is 13.8. The van der Waals surface area contributed by atoms with E-state index in [1.165, 1.54) is 6.07 Å². The van der Waals surface area contributed by atoms with Crippen molar-refractivity contribution in [3.8, 4) is 0 Å². The first-order valence-electron chi connectivity index (χ1n) is 10.2. The number of nitrogens with zero attached hydrogens (tertiary/aromatic N) is 1. The highest BCUT2D eigenvalue weighted by molar-refractivity contribution is 5.96. The zero-order chi connectivity index (χ0) is 20.6. The molecule has 2 saturated heterocycles. The lowest BCUT2D eigenvalue weighted by atomic mass is 9.96. The smallest absolute Gasteiger partial charge is 0.379 e. The van der Waals surface area contributed by atoms with Crippen molar-refractivity contribution in [3.63, 3.8) is 0 Å². The molecule has 1 aromatic rings. The summed E-state index contributed by atoms with van der Waals surface area (Å²) in [6, 6.07) is 3.21. The summed E-state index contributed by atoms with van der Waals surface area (Å²) in [5, 5.41) is 3.00. The predicted molar refractivity (Wildman–Crippen MR) is 99.7 cm³/mol. The molecular formula is C21H25F3N2O3. The van der Waals surface area contributed by atoms with E-state index in [0.717, 1.165) is 31.4 Å². The fourth-order valence-electron chi connectivity index (χ4n) is 4.33. The lowest BCUT2D eigenvalue weighted by molar-refractivity contribution is -0.137. The Balaban J connectivity index is 1.51. The van der Waals surface area contributed by atoms with Gasteiger partial charge in [-0.25, -0.2) is 0 Å². The van der Waals surface area contributed by atoms with Crippen LogP contribution in [0.25, 0.3) is 0 Å². The van der Waals surface area contributed by atoms with Crippen molar-refractivity contribution in [1.29, 1.82) is 0 Å². The molecule has 2 heterocycles. The number of hydrogen-bond donors (Lipinski definition) is 1. The fourth-order valence-corrected chi connectivity index (χ4v) is 4.33. The van der Waals surface area contributed by atoms with Gasteiger partial charge in [-0.15, -0.1) is 0 Å². The van der Waals surface area contributed by atoms with Crippen LogP contribution in [0, 0.1) is 0 Å². The Morgan fingerprint density at radius 1 is 1.14 bits per heavy atom. The van der Waals surface area contributed by atoms with E-state index < -0.39 is 11.7 Å². The number of halogens is 3. The van der Waals surface area contributed by atoms with Crippen LogP contribution < -0.4 is 5.32 Å². The van der Waals surface area contributed by atoms with Gasteiger partial charge in [-0.2, -0.15) is 13.2 Å². The Morgan fingerprint density at radius 3 is 2.52 bits per heavy atom. The molecule has 1 amide bonds. The number of benzene rings is 1. The number of carbonyl (C=O) groups is 2. The number of amides is 1. The van der Waals surface area contributed by atoms with Gasteiger partial charge >= 0.3 is 6.18 Å². The van der Waals surface area contributed by atoms with E-state index in [1.54, 1.807) is 0 Å². The molecule has 0 bridgehead atoms. The van der Waals surface area contributed by atoms with Crippen molar-refractivity contribution in [3.05, 3.63) is 34.9 Å².